The number of rotatable bonds is 9. The van der Waals surface area contributed by atoms with Crippen LogP contribution in [0.1, 0.15) is 21.5 Å². The third kappa shape index (κ3) is 8.09. The van der Waals surface area contributed by atoms with E-state index in [0.717, 1.165) is 5.56 Å². The molecule has 1 amide bonds. The molecule has 0 fully saturated rings. The zero-order chi connectivity index (χ0) is 25.4. The number of amides is 1. The number of halogens is 5. The Kier molecular flexibility index (Phi) is 8.85. The molecule has 3 aromatic carbocycles. The fourth-order valence-electron chi connectivity index (χ4n) is 3.34. The number of carbonyl (C=O) groups excluding carboxylic acids is 1. The van der Waals surface area contributed by atoms with Crippen molar-refractivity contribution in [1.82, 2.24) is 4.90 Å². The van der Waals surface area contributed by atoms with E-state index in [0.29, 0.717) is 34.3 Å². The number of anilines is 1. The lowest BCUT2D eigenvalue weighted by Gasteiger charge is -2.25. The fourth-order valence-corrected chi connectivity index (χ4v) is 3.64. The second-order valence-corrected chi connectivity index (χ2v) is 8.37. The molecule has 0 aliphatic carbocycles. The van der Waals surface area contributed by atoms with E-state index >= 15 is 0 Å². The summed E-state index contributed by atoms with van der Waals surface area (Å²) in [6.07, 6.45) is -4.28. The van der Waals surface area contributed by atoms with Gasteiger partial charge in [-0.2, -0.15) is 5.26 Å². The normalized spacial score (nSPS) is 11.0. The zero-order valence-electron chi connectivity index (χ0n) is 18.3. The molecule has 0 radical (unpaired) electrons. The van der Waals surface area contributed by atoms with E-state index in [4.69, 9.17) is 28.5 Å². The number of hydrogen-bond donors (Lipinski definition) is 1. The van der Waals surface area contributed by atoms with Crippen molar-refractivity contribution in [1.29, 1.82) is 5.26 Å². The van der Waals surface area contributed by atoms with Crippen molar-refractivity contribution in [3.63, 3.8) is 0 Å². The molecule has 1 N–H and O–H groups in total. The maximum Gasteiger partial charge on any atom is 0.573 e. The third-order valence-electron chi connectivity index (χ3n) is 4.97. The van der Waals surface area contributed by atoms with E-state index < -0.39 is 6.36 Å². The Balaban J connectivity index is 1.86. The van der Waals surface area contributed by atoms with Crippen LogP contribution in [0.3, 0.4) is 0 Å². The van der Waals surface area contributed by atoms with Crippen LogP contribution in [0.2, 0.25) is 10.0 Å². The topological polar surface area (TPSA) is 65.4 Å². The summed E-state index contributed by atoms with van der Waals surface area (Å²) in [7, 11) is 0. The van der Waals surface area contributed by atoms with Gasteiger partial charge in [0.25, 0.3) is 5.91 Å². The van der Waals surface area contributed by atoms with Crippen molar-refractivity contribution in [2.45, 2.75) is 19.3 Å². The molecule has 10 heteroatoms. The smallest absolute Gasteiger partial charge is 0.406 e. The molecular formula is C25H20Cl2F3N3O2. The van der Waals surface area contributed by atoms with Crippen LogP contribution in [-0.2, 0) is 13.0 Å². The predicted molar refractivity (Wildman–Crippen MR) is 129 cm³/mol. The zero-order valence-corrected chi connectivity index (χ0v) is 19.8. The van der Waals surface area contributed by atoms with Crippen LogP contribution in [-0.4, -0.2) is 30.3 Å². The number of nitrogens with zero attached hydrogens (tertiary/aromatic N) is 2. The number of carbonyl (C=O) groups is 1. The molecule has 3 aromatic rings. The van der Waals surface area contributed by atoms with Crippen molar-refractivity contribution in [3.05, 3.63) is 93.5 Å². The molecule has 0 aliphatic heterocycles. The summed E-state index contributed by atoms with van der Waals surface area (Å²) in [5.41, 5.74) is 2.29. The van der Waals surface area contributed by atoms with Gasteiger partial charge in [0.1, 0.15) is 12.3 Å². The van der Waals surface area contributed by atoms with Gasteiger partial charge in [-0.15, -0.1) is 13.2 Å². The van der Waals surface area contributed by atoms with Gasteiger partial charge in [0.2, 0.25) is 0 Å². The minimum absolute atomic E-state index is 0.00659. The molecule has 0 aliphatic rings. The largest absolute Gasteiger partial charge is 0.573 e. The second kappa shape index (κ2) is 11.8. The minimum Gasteiger partial charge on any atom is -0.406 e. The molecule has 0 spiro atoms. The molecule has 0 unspecified atom stereocenters. The van der Waals surface area contributed by atoms with Crippen molar-refractivity contribution >= 4 is 34.8 Å². The molecule has 3 rings (SSSR count). The molecule has 35 heavy (non-hydrogen) atoms. The van der Waals surface area contributed by atoms with Crippen LogP contribution in [0.15, 0.2) is 66.7 Å². The first kappa shape index (κ1) is 26.2. The SMILES string of the molecule is N#CCNc1ccc(Cl)cc1C(=O)N(CCc1ccc(Cl)cc1)Cc1ccc(OC(F)(F)F)cc1. The van der Waals surface area contributed by atoms with Gasteiger partial charge < -0.3 is 15.0 Å². The van der Waals surface area contributed by atoms with Crippen molar-refractivity contribution in [3.8, 4) is 11.8 Å². The summed E-state index contributed by atoms with van der Waals surface area (Å²) in [6, 6.07) is 19.3. The van der Waals surface area contributed by atoms with Gasteiger partial charge in [0.05, 0.1) is 11.6 Å². The molecule has 0 saturated carbocycles. The Morgan fingerprint density at radius 1 is 0.971 bits per heavy atom. The van der Waals surface area contributed by atoms with Gasteiger partial charge in [-0.1, -0.05) is 47.5 Å². The van der Waals surface area contributed by atoms with Crippen LogP contribution in [0.4, 0.5) is 18.9 Å². The van der Waals surface area contributed by atoms with Crippen LogP contribution < -0.4 is 10.1 Å². The van der Waals surface area contributed by atoms with Crippen molar-refractivity contribution in [2.75, 3.05) is 18.4 Å². The van der Waals surface area contributed by atoms with Crippen LogP contribution in [0.25, 0.3) is 0 Å². The van der Waals surface area contributed by atoms with E-state index in [1.165, 1.54) is 30.3 Å². The second-order valence-electron chi connectivity index (χ2n) is 7.50. The summed E-state index contributed by atoms with van der Waals surface area (Å²) >= 11 is 12.1. The summed E-state index contributed by atoms with van der Waals surface area (Å²) in [5, 5.41) is 12.8. The number of nitriles is 1. The molecule has 0 heterocycles. The Bertz CT molecular complexity index is 1190. The highest BCUT2D eigenvalue weighted by molar-refractivity contribution is 6.31. The average Bonchev–Trinajstić information content (AvgIpc) is 2.81. The summed E-state index contributed by atoms with van der Waals surface area (Å²) in [4.78, 5) is 15.1. The molecular weight excluding hydrogens is 502 g/mol. The van der Waals surface area contributed by atoms with Crippen LogP contribution in [0, 0.1) is 11.3 Å². The Hall–Kier alpha value is -3.41. The van der Waals surface area contributed by atoms with E-state index in [2.05, 4.69) is 10.1 Å². The standard InChI is InChI=1S/C25H20Cl2F3N3O2/c26-19-5-1-17(2-6-19)11-14-33(16-18-3-8-21(9-4-18)35-25(28,29)30)24(34)22-15-20(27)7-10-23(22)32-13-12-31/h1-10,15,32H,11,13-14,16H2. The number of ether oxygens (including phenoxy) is 1. The van der Waals surface area contributed by atoms with Crippen molar-refractivity contribution < 1.29 is 22.7 Å². The van der Waals surface area contributed by atoms with Gasteiger partial charge in [-0.25, -0.2) is 0 Å². The summed E-state index contributed by atoms with van der Waals surface area (Å²) < 4.78 is 41.3. The number of benzene rings is 3. The molecule has 0 saturated heterocycles. The molecule has 182 valence electrons. The molecule has 0 bridgehead atoms. The van der Waals surface area contributed by atoms with Gasteiger partial charge >= 0.3 is 6.36 Å². The fraction of sp³-hybridized carbons (Fsp3) is 0.200. The van der Waals surface area contributed by atoms with E-state index in [1.54, 1.807) is 29.2 Å². The third-order valence-corrected chi connectivity index (χ3v) is 5.46. The summed E-state index contributed by atoms with van der Waals surface area (Å²) in [5.74, 6) is -0.698. The highest BCUT2D eigenvalue weighted by Gasteiger charge is 2.31. The predicted octanol–water partition coefficient (Wildman–Crippen LogP) is 6.71. The maximum absolute atomic E-state index is 13.6. The van der Waals surface area contributed by atoms with Crippen molar-refractivity contribution in [2.24, 2.45) is 0 Å². The lowest BCUT2D eigenvalue weighted by molar-refractivity contribution is -0.274. The maximum atomic E-state index is 13.6. The highest BCUT2D eigenvalue weighted by atomic mass is 35.5. The quantitative estimate of drug-likeness (QED) is 0.317. The van der Waals surface area contributed by atoms with E-state index in [1.807, 2.05) is 18.2 Å². The monoisotopic (exact) mass is 521 g/mol. The van der Waals surface area contributed by atoms with Gasteiger partial charge in [-0.05, 0) is 60.0 Å². The van der Waals surface area contributed by atoms with E-state index in [9.17, 15) is 18.0 Å². The number of nitrogens with one attached hydrogen (secondary N) is 1. The Morgan fingerprint density at radius 3 is 2.23 bits per heavy atom. The lowest BCUT2D eigenvalue weighted by Crippen LogP contribution is -2.33. The van der Waals surface area contributed by atoms with Gasteiger partial charge in [-0.3, -0.25) is 4.79 Å². The van der Waals surface area contributed by atoms with E-state index in [-0.39, 0.29) is 30.3 Å². The summed E-state index contributed by atoms with van der Waals surface area (Å²) in [6.45, 7) is 0.432. The first-order valence-corrected chi connectivity index (χ1v) is 11.2. The Labute approximate surface area is 210 Å². The Morgan fingerprint density at radius 2 is 1.60 bits per heavy atom. The highest BCUT2D eigenvalue weighted by Crippen LogP contribution is 2.25. The van der Waals surface area contributed by atoms with Crippen LogP contribution >= 0.6 is 23.2 Å². The first-order chi connectivity index (χ1) is 16.6. The minimum atomic E-state index is -4.79. The van der Waals surface area contributed by atoms with Gasteiger partial charge in [0.15, 0.2) is 0 Å². The van der Waals surface area contributed by atoms with Gasteiger partial charge in [0, 0.05) is 28.8 Å². The average molecular weight is 522 g/mol. The first-order valence-electron chi connectivity index (χ1n) is 10.4. The molecule has 5 nitrogen and oxygen atoms in total. The molecule has 0 atom stereocenters. The van der Waals surface area contributed by atoms with Crippen LogP contribution in [0.5, 0.6) is 5.75 Å². The number of alkyl halides is 3. The molecule has 0 aromatic heterocycles. The lowest BCUT2D eigenvalue weighted by atomic mass is 10.1. The number of hydrogen-bond acceptors (Lipinski definition) is 4.